The van der Waals surface area contributed by atoms with E-state index >= 15 is 0 Å². The highest BCUT2D eigenvalue weighted by Crippen LogP contribution is 2.11. The minimum absolute atomic E-state index is 0.0644. The van der Waals surface area contributed by atoms with Crippen molar-refractivity contribution in [2.75, 3.05) is 20.6 Å². The van der Waals surface area contributed by atoms with Gasteiger partial charge >= 0.3 is 6.09 Å². The molecular weight excluding hydrogens is 316 g/mol. The Balaban J connectivity index is 2.35. The first-order valence-corrected chi connectivity index (χ1v) is 8.67. The minimum atomic E-state index is -0.479. The van der Waals surface area contributed by atoms with Crippen molar-refractivity contribution in [3.05, 3.63) is 35.9 Å². The monoisotopic (exact) mass is 348 g/mol. The third kappa shape index (κ3) is 8.42. The van der Waals surface area contributed by atoms with Gasteiger partial charge in [-0.1, -0.05) is 30.3 Å². The number of carbonyl (C=O) groups is 1. The maximum Gasteiger partial charge on any atom is 0.410 e. The van der Waals surface area contributed by atoms with E-state index in [0.717, 1.165) is 12.4 Å². The zero-order valence-electron chi connectivity index (χ0n) is 16.3. The van der Waals surface area contributed by atoms with Crippen molar-refractivity contribution >= 4 is 12.1 Å². The van der Waals surface area contributed by atoms with E-state index < -0.39 is 5.60 Å². The van der Waals surface area contributed by atoms with Crippen LogP contribution in [-0.2, 0) is 11.3 Å². The molecule has 0 aliphatic carbocycles. The van der Waals surface area contributed by atoms with Gasteiger partial charge in [0.2, 0.25) is 0 Å². The van der Waals surface area contributed by atoms with Crippen molar-refractivity contribution in [1.82, 2.24) is 15.5 Å². The summed E-state index contributed by atoms with van der Waals surface area (Å²) in [4.78, 5) is 17.9. The van der Waals surface area contributed by atoms with Gasteiger partial charge in [-0.05, 0) is 39.7 Å². The second-order valence-electron chi connectivity index (χ2n) is 7.07. The smallest absolute Gasteiger partial charge is 0.410 e. The molecule has 1 aromatic carbocycles. The second kappa shape index (κ2) is 9.91. The van der Waals surface area contributed by atoms with E-state index in [4.69, 9.17) is 4.74 Å². The number of nitrogens with zero attached hydrogens (tertiary/aromatic N) is 2. The van der Waals surface area contributed by atoms with Gasteiger partial charge in [0.05, 0.1) is 0 Å². The van der Waals surface area contributed by atoms with E-state index in [1.54, 1.807) is 19.0 Å². The standard InChI is InChI=1S/C19H32N4O2/c1-15(23(6)18(24)25-19(2,3)4)12-13-21-17(20-5)22-14-16-10-8-7-9-11-16/h7-11,15H,12-14H2,1-6H3,(H2,20,21,22). The molecule has 1 rings (SSSR count). The first-order valence-electron chi connectivity index (χ1n) is 8.67. The van der Waals surface area contributed by atoms with Crippen molar-refractivity contribution in [2.45, 2.75) is 52.3 Å². The number of aliphatic imine (C=N–C) groups is 1. The van der Waals surface area contributed by atoms with Crippen molar-refractivity contribution < 1.29 is 9.53 Å². The lowest BCUT2D eigenvalue weighted by Gasteiger charge is -2.28. The highest BCUT2D eigenvalue weighted by Gasteiger charge is 2.22. The number of hydrogen-bond acceptors (Lipinski definition) is 3. The van der Waals surface area contributed by atoms with Crippen LogP contribution in [0.5, 0.6) is 0 Å². The molecule has 0 saturated heterocycles. The molecule has 6 heteroatoms. The van der Waals surface area contributed by atoms with Gasteiger partial charge in [0.15, 0.2) is 5.96 Å². The first-order chi connectivity index (χ1) is 11.7. The lowest BCUT2D eigenvalue weighted by molar-refractivity contribution is 0.0230. The second-order valence-corrected chi connectivity index (χ2v) is 7.07. The quantitative estimate of drug-likeness (QED) is 0.613. The highest BCUT2D eigenvalue weighted by atomic mass is 16.6. The lowest BCUT2D eigenvalue weighted by atomic mass is 10.2. The van der Waals surface area contributed by atoms with Crippen LogP contribution in [0.15, 0.2) is 35.3 Å². The largest absolute Gasteiger partial charge is 0.444 e. The van der Waals surface area contributed by atoms with Crippen LogP contribution in [0.1, 0.15) is 39.7 Å². The molecule has 1 amide bonds. The lowest BCUT2D eigenvalue weighted by Crippen LogP contribution is -2.42. The number of benzene rings is 1. The fourth-order valence-electron chi connectivity index (χ4n) is 2.11. The number of amides is 1. The normalized spacial score (nSPS) is 13.1. The molecule has 1 unspecified atom stereocenters. The van der Waals surface area contributed by atoms with E-state index in [1.807, 2.05) is 45.9 Å². The zero-order chi connectivity index (χ0) is 18.9. The Morgan fingerprint density at radius 2 is 1.88 bits per heavy atom. The van der Waals surface area contributed by atoms with Crippen LogP contribution >= 0.6 is 0 Å². The predicted octanol–water partition coefficient (Wildman–Crippen LogP) is 3.00. The van der Waals surface area contributed by atoms with E-state index in [1.165, 1.54) is 5.56 Å². The van der Waals surface area contributed by atoms with Crippen LogP contribution in [0, 0.1) is 0 Å². The van der Waals surface area contributed by atoms with Gasteiger partial charge < -0.3 is 20.3 Å². The number of rotatable bonds is 6. The molecule has 0 heterocycles. The Morgan fingerprint density at radius 3 is 2.44 bits per heavy atom. The molecule has 0 radical (unpaired) electrons. The van der Waals surface area contributed by atoms with Gasteiger partial charge in [-0.3, -0.25) is 4.99 Å². The van der Waals surface area contributed by atoms with Gasteiger partial charge in [-0.2, -0.15) is 0 Å². The Morgan fingerprint density at radius 1 is 1.24 bits per heavy atom. The summed E-state index contributed by atoms with van der Waals surface area (Å²) in [6.07, 6.45) is 0.494. The SMILES string of the molecule is CN=C(NCCC(C)N(C)C(=O)OC(C)(C)C)NCc1ccccc1. The van der Waals surface area contributed by atoms with Gasteiger partial charge in [0.1, 0.15) is 5.60 Å². The first kappa shape index (κ1) is 20.8. The van der Waals surface area contributed by atoms with E-state index in [0.29, 0.717) is 13.1 Å². The summed E-state index contributed by atoms with van der Waals surface area (Å²) < 4.78 is 5.39. The van der Waals surface area contributed by atoms with Crippen LogP contribution < -0.4 is 10.6 Å². The number of ether oxygens (including phenoxy) is 1. The summed E-state index contributed by atoms with van der Waals surface area (Å²) in [5.74, 6) is 0.746. The topological polar surface area (TPSA) is 66.0 Å². The highest BCUT2D eigenvalue weighted by molar-refractivity contribution is 5.79. The van der Waals surface area contributed by atoms with Gasteiger partial charge in [0, 0.05) is 33.2 Å². The Labute approximate surface area is 151 Å². The van der Waals surface area contributed by atoms with Gasteiger partial charge in [-0.15, -0.1) is 0 Å². The van der Waals surface area contributed by atoms with E-state index in [2.05, 4.69) is 27.8 Å². The average molecular weight is 348 g/mol. The Hall–Kier alpha value is -2.24. The molecule has 6 nitrogen and oxygen atoms in total. The molecule has 25 heavy (non-hydrogen) atoms. The molecule has 0 aliphatic rings. The number of carbonyl (C=O) groups excluding carboxylic acids is 1. The maximum absolute atomic E-state index is 12.1. The fourth-order valence-corrected chi connectivity index (χ4v) is 2.11. The molecular formula is C19H32N4O2. The molecule has 2 N–H and O–H groups in total. The summed E-state index contributed by atoms with van der Waals surface area (Å²) in [7, 11) is 3.51. The van der Waals surface area contributed by atoms with Crippen molar-refractivity contribution in [3.8, 4) is 0 Å². The summed E-state index contributed by atoms with van der Waals surface area (Å²) in [6, 6.07) is 10.2. The fraction of sp³-hybridized carbons (Fsp3) is 0.579. The van der Waals surface area contributed by atoms with Crippen LogP contribution in [0.3, 0.4) is 0 Å². The molecule has 0 spiro atoms. The van der Waals surface area contributed by atoms with Crippen LogP contribution in [0.4, 0.5) is 4.79 Å². The third-order valence-corrected chi connectivity index (χ3v) is 3.72. The average Bonchev–Trinajstić information content (AvgIpc) is 2.56. The van der Waals surface area contributed by atoms with E-state index in [-0.39, 0.29) is 12.1 Å². The minimum Gasteiger partial charge on any atom is -0.444 e. The summed E-state index contributed by atoms with van der Waals surface area (Å²) in [5.41, 5.74) is 0.718. The molecule has 0 aliphatic heterocycles. The predicted molar refractivity (Wildman–Crippen MR) is 103 cm³/mol. The van der Waals surface area contributed by atoms with Crippen molar-refractivity contribution in [2.24, 2.45) is 4.99 Å². The van der Waals surface area contributed by atoms with Crippen LogP contribution in [0.25, 0.3) is 0 Å². The Bertz CT molecular complexity index is 552. The number of hydrogen-bond donors (Lipinski definition) is 2. The van der Waals surface area contributed by atoms with Crippen LogP contribution in [-0.4, -0.2) is 49.2 Å². The van der Waals surface area contributed by atoms with Crippen molar-refractivity contribution in [1.29, 1.82) is 0 Å². The molecule has 0 fully saturated rings. The molecule has 1 atom stereocenters. The zero-order valence-corrected chi connectivity index (χ0v) is 16.3. The summed E-state index contributed by atoms with van der Waals surface area (Å²) in [5, 5.41) is 6.55. The molecule has 0 aromatic heterocycles. The number of nitrogens with one attached hydrogen (secondary N) is 2. The van der Waals surface area contributed by atoms with Crippen LogP contribution in [0.2, 0.25) is 0 Å². The van der Waals surface area contributed by atoms with Gasteiger partial charge in [-0.25, -0.2) is 4.79 Å². The van der Waals surface area contributed by atoms with Gasteiger partial charge in [0.25, 0.3) is 0 Å². The molecule has 1 aromatic rings. The Kier molecular flexibility index (Phi) is 8.25. The summed E-state index contributed by atoms with van der Waals surface area (Å²) >= 11 is 0. The molecule has 140 valence electrons. The maximum atomic E-state index is 12.1. The van der Waals surface area contributed by atoms with E-state index in [9.17, 15) is 4.79 Å². The third-order valence-electron chi connectivity index (χ3n) is 3.72. The molecule has 0 saturated carbocycles. The summed E-state index contributed by atoms with van der Waals surface area (Å²) in [6.45, 7) is 9.04. The van der Waals surface area contributed by atoms with Crippen molar-refractivity contribution in [3.63, 3.8) is 0 Å². The number of guanidine groups is 1. The molecule has 0 bridgehead atoms.